The molecule has 6 nitrogen and oxygen atoms in total. The molecule has 1 N–H and O–H groups in total. The number of ether oxygens (including phenoxy) is 2. The molecular weight excluding hydrogens is 256 g/mol. The molecule has 18 heavy (non-hydrogen) atoms. The molecule has 0 spiro atoms. The summed E-state index contributed by atoms with van der Waals surface area (Å²) in [5, 5.41) is 0. The monoisotopic (exact) mass is 280 g/mol. The van der Waals surface area contributed by atoms with Gasteiger partial charge < -0.3 is 9.47 Å². The highest BCUT2D eigenvalue weighted by Crippen LogP contribution is 2.11. The van der Waals surface area contributed by atoms with Crippen LogP contribution in [0.4, 0.5) is 0 Å². The zero-order valence-electron chi connectivity index (χ0n) is 11.1. The first kappa shape index (κ1) is 15.8. The molecule has 1 rings (SSSR count). The standard InChI is InChI=1S/C11H24N2O4S/c1-16-10-11-17-9-5-6-12-18(14,15)13-7-3-2-4-8-13/h12H,2-11H2,1H3. The molecule has 1 fully saturated rings. The van der Waals surface area contributed by atoms with Crippen molar-refractivity contribution >= 4 is 10.2 Å². The lowest BCUT2D eigenvalue weighted by Gasteiger charge is -2.25. The first-order chi connectivity index (χ1) is 8.67. The highest BCUT2D eigenvalue weighted by molar-refractivity contribution is 7.87. The molecule has 0 amide bonds. The van der Waals surface area contributed by atoms with Crippen molar-refractivity contribution in [3.8, 4) is 0 Å². The molecule has 0 aromatic rings. The third-order valence-electron chi connectivity index (χ3n) is 2.84. The van der Waals surface area contributed by atoms with Gasteiger partial charge in [-0.05, 0) is 19.3 Å². The van der Waals surface area contributed by atoms with E-state index in [0.717, 1.165) is 19.3 Å². The average Bonchev–Trinajstić information content (AvgIpc) is 2.39. The van der Waals surface area contributed by atoms with Crippen molar-refractivity contribution in [2.24, 2.45) is 0 Å². The Bertz CT molecular complexity index is 302. The third kappa shape index (κ3) is 6.10. The quantitative estimate of drug-likeness (QED) is 0.619. The molecule has 0 aromatic carbocycles. The summed E-state index contributed by atoms with van der Waals surface area (Å²) >= 11 is 0. The number of rotatable bonds is 9. The van der Waals surface area contributed by atoms with Gasteiger partial charge in [0, 0.05) is 33.4 Å². The highest BCUT2D eigenvalue weighted by atomic mass is 32.2. The van der Waals surface area contributed by atoms with Crippen LogP contribution in [0.1, 0.15) is 25.7 Å². The van der Waals surface area contributed by atoms with E-state index >= 15 is 0 Å². The van der Waals surface area contributed by atoms with Crippen LogP contribution in [0.3, 0.4) is 0 Å². The van der Waals surface area contributed by atoms with Gasteiger partial charge in [0.25, 0.3) is 10.2 Å². The minimum Gasteiger partial charge on any atom is -0.382 e. The number of nitrogens with one attached hydrogen (secondary N) is 1. The van der Waals surface area contributed by atoms with Gasteiger partial charge in [-0.25, -0.2) is 4.72 Å². The van der Waals surface area contributed by atoms with Gasteiger partial charge in [-0.2, -0.15) is 12.7 Å². The van der Waals surface area contributed by atoms with Crippen LogP contribution in [0.25, 0.3) is 0 Å². The number of methoxy groups -OCH3 is 1. The average molecular weight is 280 g/mol. The Morgan fingerprint density at radius 2 is 1.83 bits per heavy atom. The van der Waals surface area contributed by atoms with Crippen molar-refractivity contribution in [3.63, 3.8) is 0 Å². The van der Waals surface area contributed by atoms with E-state index in [-0.39, 0.29) is 0 Å². The second-order valence-corrected chi connectivity index (χ2v) is 6.07. The minimum absolute atomic E-state index is 0.422. The molecule has 1 aliphatic heterocycles. The Morgan fingerprint density at radius 3 is 2.50 bits per heavy atom. The van der Waals surface area contributed by atoms with Crippen molar-refractivity contribution in [1.82, 2.24) is 9.03 Å². The van der Waals surface area contributed by atoms with Crippen molar-refractivity contribution in [2.75, 3.05) is 46.6 Å². The van der Waals surface area contributed by atoms with E-state index in [9.17, 15) is 8.42 Å². The summed E-state index contributed by atoms with van der Waals surface area (Å²) < 4.78 is 38.0. The smallest absolute Gasteiger partial charge is 0.279 e. The Balaban J connectivity index is 2.09. The number of hydrogen-bond donors (Lipinski definition) is 1. The fraction of sp³-hybridized carbons (Fsp3) is 1.00. The van der Waals surface area contributed by atoms with Crippen LogP contribution in [0.15, 0.2) is 0 Å². The van der Waals surface area contributed by atoms with Crippen molar-refractivity contribution in [1.29, 1.82) is 0 Å². The van der Waals surface area contributed by atoms with E-state index in [1.54, 1.807) is 7.11 Å². The molecule has 0 unspecified atom stereocenters. The Kier molecular flexibility index (Phi) is 7.76. The molecule has 1 saturated heterocycles. The molecule has 108 valence electrons. The van der Waals surface area contributed by atoms with E-state index in [4.69, 9.17) is 9.47 Å². The van der Waals surface area contributed by atoms with Gasteiger partial charge in [-0.3, -0.25) is 0 Å². The summed E-state index contributed by atoms with van der Waals surface area (Å²) in [7, 11) is -1.66. The van der Waals surface area contributed by atoms with Crippen LogP contribution in [0.5, 0.6) is 0 Å². The van der Waals surface area contributed by atoms with Crippen molar-refractivity contribution in [3.05, 3.63) is 0 Å². The van der Waals surface area contributed by atoms with E-state index in [2.05, 4.69) is 4.72 Å². The SMILES string of the molecule is COCCOCCCNS(=O)(=O)N1CCCCC1. The number of hydrogen-bond acceptors (Lipinski definition) is 4. The maximum Gasteiger partial charge on any atom is 0.279 e. The fourth-order valence-electron chi connectivity index (χ4n) is 1.82. The second kappa shape index (κ2) is 8.82. The van der Waals surface area contributed by atoms with E-state index in [0.29, 0.717) is 45.9 Å². The van der Waals surface area contributed by atoms with Gasteiger partial charge in [0.2, 0.25) is 0 Å². The second-order valence-electron chi connectivity index (χ2n) is 4.32. The summed E-state index contributed by atoms with van der Waals surface area (Å²) in [6.45, 7) is 3.37. The first-order valence-corrected chi connectivity index (χ1v) is 7.92. The van der Waals surface area contributed by atoms with Crippen LogP contribution in [0, 0.1) is 0 Å². The molecule has 0 aromatic heterocycles. The molecule has 1 heterocycles. The topological polar surface area (TPSA) is 67.9 Å². The Hall–Kier alpha value is -0.210. The highest BCUT2D eigenvalue weighted by Gasteiger charge is 2.22. The van der Waals surface area contributed by atoms with E-state index in [1.165, 1.54) is 4.31 Å². The maximum absolute atomic E-state index is 11.9. The molecule has 0 atom stereocenters. The number of nitrogens with zero attached hydrogens (tertiary/aromatic N) is 1. The van der Waals surface area contributed by atoms with Crippen LogP contribution in [-0.4, -0.2) is 59.3 Å². The molecule has 0 aliphatic carbocycles. The van der Waals surface area contributed by atoms with Gasteiger partial charge in [0.05, 0.1) is 13.2 Å². The normalized spacial score (nSPS) is 18.1. The molecule has 0 bridgehead atoms. The molecule has 0 saturated carbocycles. The zero-order valence-corrected chi connectivity index (χ0v) is 11.9. The van der Waals surface area contributed by atoms with Crippen molar-refractivity contribution < 1.29 is 17.9 Å². The first-order valence-electron chi connectivity index (χ1n) is 6.48. The predicted octanol–water partition coefficient (Wildman–Crippen LogP) is 0.360. The summed E-state index contributed by atoms with van der Waals surface area (Å²) in [5.41, 5.74) is 0. The van der Waals surface area contributed by atoms with Gasteiger partial charge in [0.15, 0.2) is 0 Å². The molecule has 1 aliphatic rings. The van der Waals surface area contributed by atoms with Gasteiger partial charge in [-0.1, -0.05) is 6.42 Å². The third-order valence-corrected chi connectivity index (χ3v) is 4.45. The van der Waals surface area contributed by atoms with Crippen LogP contribution < -0.4 is 4.72 Å². The summed E-state index contributed by atoms with van der Waals surface area (Å²) in [6, 6.07) is 0. The Morgan fingerprint density at radius 1 is 1.11 bits per heavy atom. The van der Waals surface area contributed by atoms with Gasteiger partial charge in [0.1, 0.15) is 0 Å². The van der Waals surface area contributed by atoms with E-state index < -0.39 is 10.2 Å². The van der Waals surface area contributed by atoms with Crippen LogP contribution in [0.2, 0.25) is 0 Å². The molecular formula is C11H24N2O4S. The van der Waals surface area contributed by atoms with Crippen LogP contribution >= 0.6 is 0 Å². The number of piperidine rings is 1. The van der Waals surface area contributed by atoms with Crippen molar-refractivity contribution in [2.45, 2.75) is 25.7 Å². The molecule has 0 radical (unpaired) electrons. The zero-order chi connectivity index (χ0) is 13.3. The van der Waals surface area contributed by atoms with E-state index in [1.807, 2.05) is 0 Å². The van der Waals surface area contributed by atoms with Gasteiger partial charge >= 0.3 is 0 Å². The maximum atomic E-state index is 11.9. The van der Waals surface area contributed by atoms with Crippen LogP contribution in [-0.2, 0) is 19.7 Å². The minimum atomic E-state index is -3.28. The largest absolute Gasteiger partial charge is 0.382 e. The van der Waals surface area contributed by atoms with Gasteiger partial charge in [-0.15, -0.1) is 0 Å². The molecule has 7 heteroatoms. The summed E-state index contributed by atoms with van der Waals surface area (Å²) in [4.78, 5) is 0. The lowest BCUT2D eigenvalue weighted by Crippen LogP contribution is -2.43. The predicted molar refractivity (Wildman–Crippen MR) is 69.7 cm³/mol. The Labute approximate surface area is 110 Å². The fourth-order valence-corrected chi connectivity index (χ4v) is 3.14. The summed E-state index contributed by atoms with van der Waals surface area (Å²) in [6.07, 6.45) is 3.72. The lowest BCUT2D eigenvalue weighted by molar-refractivity contribution is 0.0699. The summed E-state index contributed by atoms with van der Waals surface area (Å²) in [5.74, 6) is 0. The lowest BCUT2D eigenvalue weighted by atomic mass is 10.2.